The van der Waals surface area contributed by atoms with Gasteiger partial charge in [-0.1, -0.05) is 0 Å². The summed E-state index contributed by atoms with van der Waals surface area (Å²) in [7, 11) is 0. The standard InChI is InChI=1S/C15H21NO5S/c1-10(21-14(20)15(2,8-17)9-18)13(19)16-5-3-12-11(7-16)4-6-22-12/h4,6,10,17-18H,3,5,7-9H2,1-2H3. The van der Waals surface area contributed by atoms with Gasteiger partial charge in [-0.3, -0.25) is 9.59 Å². The third-order valence-electron chi connectivity index (χ3n) is 3.94. The maximum atomic E-state index is 12.4. The van der Waals surface area contributed by atoms with E-state index in [1.165, 1.54) is 18.7 Å². The number of hydrogen-bond acceptors (Lipinski definition) is 6. The van der Waals surface area contributed by atoms with E-state index in [2.05, 4.69) is 0 Å². The van der Waals surface area contributed by atoms with Gasteiger partial charge in [-0.05, 0) is 37.3 Å². The van der Waals surface area contributed by atoms with Crippen molar-refractivity contribution in [3.8, 4) is 0 Å². The number of hydrogen-bond donors (Lipinski definition) is 2. The average molecular weight is 327 g/mol. The molecule has 1 amide bonds. The third kappa shape index (κ3) is 3.31. The molecule has 0 aromatic carbocycles. The van der Waals surface area contributed by atoms with Gasteiger partial charge in [0.05, 0.1) is 13.2 Å². The minimum Gasteiger partial charge on any atom is -0.452 e. The molecule has 1 unspecified atom stereocenters. The predicted molar refractivity (Wildman–Crippen MR) is 81.3 cm³/mol. The summed E-state index contributed by atoms with van der Waals surface area (Å²) in [6.07, 6.45) is -0.130. The van der Waals surface area contributed by atoms with Crippen molar-refractivity contribution in [1.82, 2.24) is 4.90 Å². The fourth-order valence-corrected chi connectivity index (χ4v) is 3.12. The smallest absolute Gasteiger partial charge is 0.317 e. The lowest BCUT2D eigenvalue weighted by Crippen LogP contribution is -2.45. The number of carbonyl (C=O) groups excluding carboxylic acids is 2. The van der Waals surface area contributed by atoms with Crippen molar-refractivity contribution in [2.24, 2.45) is 5.41 Å². The molecule has 7 heteroatoms. The summed E-state index contributed by atoms with van der Waals surface area (Å²) in [4.78, 5) is 27.3. The molecular formula is C15H21NO5S. The minimum absolute atomic E-state index is 0.261. The van der Waals surface area contributed by atoms with Gasteiger partial charge in [-0.25, -0.2) is 0 Å². The fraction of sp³-hybridized carbons (Fsp3) is 0.600. The maximum absolute atomic E-state index is 12.4. The van der Waals surface area contributed by atoms with Crippen LogP contribution in [0.4, 0.5) is 0 Å². The Kier molecular flexibility index (Phi) is 5.20. The number of thiophene rings is 1. The molecule has 2 rings (SSSR count). The summed E-state index contributed by atoms with van der Waals surface area (Å²) < 4.78 is 5.13. The van der Waals surface area contributed by atoms with Crippen LogP contribution in [0.2, 0.25) is 0 Å². The van der Waals surface area contributed by atoms with Gasteiger partial charge in [-0.15, -0.1) is 11.3 Å². The van der Waals surface area contributed by atoms with E-state index < -0.39 is 30.7 Å². The topological polar surface area (TPSA) is 87.1 Å². The molecule has 2 heterocycles. The molecule has 0 saturated heterocycles. The Morgan fingerprint density at radius 3 is 2.77 bits per heavy atom. The van der Waals surface area contributed by atoms with E-state index in [-0.39, 0.29) is 5.91 Å². The molecule has 1 aliphatic rings. The molecule has 0 fully saturated rings. The monoisotopic (exact) mass is 327 g/mol. The summed E-state index contributed by atoms with van der Waals surface area (Å²) in [6, 6.07) is 2.00. The Hall–Kier alpha value is -1.44. The SMILES string of the molecule is CC(OC(=O)C(C)(CO)CO)C(=O)N1CCc2sccc2C1. The number of carbonyl (C=O) groups is 2. The van der Waals surface area contributed by atoms with Crippen LogP contribution in [0.3, 0.4) is 0 Å². The van der Waals surface area contributed by atoms with E-state index in [9.17, 15) is 19.8 Å². The van der Waals surface area contributed by atoms with Gasteiger partial charge in [0.1, 0.15) is 5.41 Å². The van der Waals surface area contributed by atoms with Crippen LogP contribution in [0.25, 0.3) is 0 Å². The zero-order chi connectivity index (χ0) is 16.3. The number of ether oxygens (including phenoxy) is 1. The number of amides is 1. The molecule has 1 aromatic rings. The fourth-order valence-electron chi connectivity index (χ4n) is 2.23. The van der Waals surface area contributed by atoms with E-state index in [4.69, 9.17) is 4.74 Å². The van der Waals surface area contributed by atoms with Gasteiger partial charge in [0, 0.05) is 18.0 Å². The summed E-state index contributed by atoms with van der Waals surface area (Å²) in [5.41, 5.74) is -0.254. The van der Waals surface area contributed by atoms with E-state index in [0.29, 0.717) is 13.1 Å². The molecular weight excluding hydrogens is 306 g/mol. The average Bonchev–Trinajstić information content (AvgIpc) is 3.00. The van der Waals surface area contributed by atoms with Gasteiger partial charge in [0.25, 0.3) is 5.91 Å². The van der Waals surface area contributed by atoms with Crippen LogP contribution in [-0.4, -0.2) is 52.9 Å². The van der Waals surface area contributed by atoms with Crippen LogP contribution in [-0.2, 0) is 27.3 Å². The highest BCUT2D eigenvalue weighted by Gasteiger charge is 2.37. The Morgan fingerprint density at radius 2 is 2.14 bits per heavy atom. The first-order valence-electron chi connectivity index (χ1n) is 7.18. The van der Waals surface area contributed by atoms with Crippen LogP contribution >= 0.6 is 11.3 Å². The lowest BCUT2D eigenvalue weighted by Gasteiger charge is -2.30. The number of nitrogens with zero attached hydrogens (tertiary/aromatic N) is 1. The Balaban J connectivity index is 1.97. The normalized spacial score (nSPS) is 16.1. The maximum Gasteiger partial charge on any atom is 0.317 e. The molecule has 22 heavy (non-hydrogen) atoms. The van der Waals surface area contributed by atoms with Crippen LogP contribution in [0.15, 0.2) is 11.4 Å². The first kappa shape index (κ1) is 16.9. The molecule has 6 nitrogen and oxygen atoms in total. The van der Waals surface area contributed by atoms with Gasteiger partial charge in [-0.2, -0.15) is 0 Å². The molecule has 0 saturated carbocycles. The lowest BCUT2D eigenvalue weighted by atomic mass is 9.93. The summed E-state index contributed by atoms with van der Waals surface area (Å²) in [6.45, 7) is 2.96. The van der Waals surface area contributed by atoms with E-state index >= 15 is 0 Å². The number of aliphatic hydroxyl groups is 2. The van der Waals surface area contributed by atoms with Crippen LogP contribution in [0.1, 0.15) is 24.3 Å². The highest BCUT2D eigenvalue weighted by Crippen LogP contribution is 2.25. The number of rotatable bonds is 5. The highest BCUT2D eigenvalue weighted by atomic mass is 32.1. The molecule has 1 atom stereocenters. The second-order valence-corrected chi connectivity index (χ2v) is 6.80. The van der Waals surface area contributed by atoms with E-state index in [1.807, 2.05) is 11.4 Å². The van der Waals surface area contributed by atoms with Crippen molar-refractivity contribution in [2.45, 2.75) is 32.9 Å². The molecule has 0 aliphatic carbocycles. The van der Waals surface area contributed by atoms with E-state index in [1.54, 1.807) is 16.2 Å². The zero-order valence-corrected chi connectivity index (χ0v) is 13.6. The van der Waals surface area contributed by atoms with Crippen molar-refractivity contribution in [1.29, 1.82) is 0 Å². The van der Waals surface area contributed by atoms with Crippen molar-refractivity contribution in [2.75, 3.05) is 19.8 Å². The van der Waals surface area contributed by atoms with Crippen molar-refractivity contribution < 1.29 is 24.5 Å². The molecule has 0 radical (unpaired) electrons. The number of aliphatic hydroxyl groups excluding tert-OH is 2. The first-order chi connectivity index (χ1) is 10.4. The Bertz CT molecular complexity index is 552. The van der Waals surface area contributed by atoms with E-state index in [0.717, 1.165) is 12.0 Å². The molecule has 1 aromatic heterocycles. The highest BCUT2D eigenvalue weighted by molar-refractivity contribution is 7.10. The zero-order valence-electron chi connectivity index (χ0n) is 12.7. The van der Waals surface area contributed by atoms with Gasteiger partial charge >= 0.3 is 5.97 Å². The minimum atomic E-state index is -1.39. The first-order valence-corrected chi connectivity index (χ1v) is 8.06. The lowest BCUT2D eigenvalue weighted by molar-refractivity contribution is -0.171. The van der Waals surface area contributed by atoms with Crippen molar-refractivity contribution in [3.63, 3.8) is 0 Å². The third-order valence-corrected chi connectivity index (χ3v) is 4.96. The second-order valence-electron chi connectivity index (χ2n) is 5.80. The van der Waals surface area contributed by atoms with Crippen LogP contribution < -0.4 is 0 Å². The van der Waals surface area contributed by atoms with Crippen LogP contribution in [0, 0.1) is 5.41 Å². The summed E-state index contributed by atoms with van der Waals surface area (Å²) in [5, 5.41) is 20.4. The van der Waals surface area contributed by atoms with Crippen molar-refractivity contribution in [3.05, 3.63) is 21.9 Å². The molecule has 1 aliphatic heterocycles. The quantitative estimate of drug-likeness (QED) is 0.772. The largest absolute Gasteiger partial charge is 0.452 e. The van der Waals surface area contributed by atoms with Gasteiger partial charge in [0.15, 0.2) is 6.10 Å². The molecule has 0 bridgehead atoms. The predicted octanol–water partition coefficient (Wildman–Crippen LogP) is 0.555. The number of esters is 1. The van der Waals surface area contributed by atoms with Crippen LogP contribution in [0.5, 0.6) is 0 Å². The van der Waals surface area contributed by atoms with Crippen molar-refractivity contribution >= 4 is 23.2 Å². The van der Waals surface area contributed by atoms with Gasteiger partial charge < -0.3 is 19.8 Å². The number of fused-ring (bicyclic) bond motifs is 1. The Labute approximate surface area is 133 Å². The Morgan fingerprint density at radius 1 is 1.45 bits per heavy atom. The molecule has 2 N–H and O–H groups in total. The second kappa shape index (κ2) is 6.76. The van der Waals surface area contributed by atoms with Gasteiger partial charge in [0.2, 0.25) is 0 Å². The summed E-state index contributed by atoms with van der Waals surface area (Å²) >= 11 is 1.69. The summed E-state index contributed by atoms with van der Waals surface area (Å²) in [5.74, 6) is -1.03. The molecule has 122 valence electrons. The molecule has 0 spiro atoms.